The molecule has 22 heavy (non-hydrogen) atoms. The fraction of sp³-hybridized carbons (Fsp3) is 0.0714. The van der Waals surface area contributed by atoms with E-state index in [0.29, 0.717) is 21.4 Å². The normalized spacial score (nSPS) is 10.9. The van der Waals surface area contributed by atoms with Crippen LogP contribution in [0.15, 0.2) is 35.1 Å². The molecule has 0 saturated heterocycles. The van der Waals surface area contributed by atoms with E-state index in [4.69, 9.17) is 10.1 Å². The quantitative estimate of drug-likeness (QED) is 0.523. The standard InChI is InChI=1S/C14H10BrFN4OS/c1-22-14(17)11-4-7(6-19-20-11)21-13-9(16)5-10-8(12(13)15)2-3-18-10/h2-6,17-18H,1H3. The van der Waals surface area contributed by atoms with E-state index in [-0.39, 0.29) is 10.8 Å². The number of fused-ring (bicyclic) bond motifs is 1. The molecule has 5 nitrogen and oxygen atoms in total. The summed E-state index contributed by atoms with van der Waals surface area (Å²) < 4.78 is 20.3. The molecular formula is C14H10BrFN4OS. The highest BCUT2D eigenvalue weighted by atomic mass is 79.9. The summed E-state index contributed by atoms with van der Waals surface area (Å²) in [6.45, 7) is 0. The average molecular weight is 381 g/mol. The molecular weight excluding hydrogens is 371 g/mol. The van der Waals surface area contributed by atoms with Gasteiger partial charge in [-0.05, 0) is 28.3 Å². The fourth-order valence-corrected chi connectivity index (χ4v) is 2.87. The summed E-state index contributed by atoms with van der Waals surface area (Å²) in [5, 5.41) is 16.5. The van der Waals surface area contributed by atoms with Crippen LogP contribution in [0.4, 0.5) is 4.39 Å². The Morgan fingerprint density at radius 2 is 2.27 bits per heavy atom. The van der Waals surface area contributed by atoms with Crippen LogP contribution < -0.4 is 4.74 Å². The van der Waals surface area contributed by atoms with E-state index in [1.54, 1.807) is 18.5 Å². The van der Waals surface area contributed by atoms with Gasteiger partial charge in [-0.25, -0.2) is 4.39 Å². The number of aromatic amines is 1. The minimum Gasteiger partial charge on any atom is -0.451 e. The van der Waals surface area contributed by atoms with Crippen molar-refractivity contribution in [2.75, 3.05) is 6.26 Å². The number of rotatable bonds is 3. The first-order chi connectivity index (χ1) is 10.6. The van der Waals surface area contributed by atoms with Gasteiger partial charge in [-0.15, -0.1) is 16.9 Å². The lowest BCUT2D eigenvalue weighted by Gasteiger charge is -2.10. The van der Waals surface area contributed by atoms with E-state index in [0.717, 1.165) is 5.39 Å². The zero-order valence-corrected chi connectivity index (χ0v) is 13.8. The Labute approximate surface area is 137 Å². The molecule has 0 aliphatic carbocycles. The summed E-state index contributed by atoms with van der Waals surface area (Å²) in [7, 11) is 0. The van der Waals surface area contributed by atoms with E-state index in [1.807, 2.05) is 6.07 Å². The van der Waals surface area contributed by atoms with Crippen molar-refractivity contribution in [3.63, 3.8) is 0 Å². The van der Waals surface area contributed by atoms with Crippen LogP contribution in [0, 0.1) is 11.2 Å². The van der Waals surface area contributed by atoms with Gasteiger partial charge in [-0.1, -0.05) is 0 Å². The van der Waals surface area contributed by atoms with Gasteiger partial charge in [0, 0.05) is 29.2 Å². The van der Waals surface area contributed by atoms with Crippen LogP contribution >= 0.6 is 27.7 Å². The molecule has 0 bridgehead atoms. The highest BCUT2D eigenvalue weighted by Gasteiger charge is 2.15. The Morgan fingerprint density at radius 3 is 3.05 bits per heavy atom. The third kappa shape index (κ3) is 2.71. The topological polar surface area (TPSA) is 74.7 Å². The van der Waals surface area contributed by atoms with Crippen LogP contribution in [0.3, 0.4) is 0 Å². The number of ether oxygens (including phenoxy) is 1. The van der Waals surface area contributed by atoms with Crippen molar-refractivity contribution in [1.29, 1.82) is 5.41 Å². The van der Waals surface area contributed by atoms with Gasteiger partial charge in [0.05, 0.1) is 10.7 Å². The highest BCUT2D eigenvalue weighted by Crippen LogP contribution is 2.38. The molecule has 0 radical (unpaired) electrons. The van der Waals surface area contributed by atoms with Crippen LogP contribution in [0.5, 0.6) is 11.5 Å². The molecule has 3 rings (SSSR count). The second-order valence-corrected chi connectivity index (χ2v) is 5.96. The Balaban J connectivity index is 2.01. The molecule has 3 aromatic rings. The van der Waals surface area contributed by atoms with Crippen molar-refractivity contribution in [1.82, 2.24) is 15.2 Å². The van der Waals surface area contributed by atoms with Gasteiger partial charge in [-0.3, -0.25) is 5.41 Å². The minimum absolute atomic E-state index is 0.0710. The number of halogens is 2. The molecule has 8 heteroatoms. The van der Waals surface area contributed by atoms with Gasteiger partial charge in [0.1, 0.15) is 16.5 Å². The van der Waals surface area contributed by atoms with Crippen molar-refractivity contribution >= 4 is 43.6 Å². The van der Waals surface area contributed by atoms with Gasteiger partial charge in [0.25, 0.3) is 0 Å². The molecule has 0 aliphatic heterocycles. The van der Waals surface area contributed by atoms with Crippen molar-refractivity contribution in [2.45, 2.75) is 0 Å². The van der Waals surface area contributed by atoms with Crippen molar-refractivity contribution in [3.8, 4) is 11.5 Å². The molecule has 1 aromatic carbocycles. The minimum atomic E-state index is -0.500. The number of hydrogen-bond acceptors (Lipinski definition) is 5. The largest absolute Gasteiger partial charge is 0.451 e. The molecule has 0 spiro atoms. The number of nitrogens with one attached hydrogen (secondary N) is 2. The van der Waals surface area contributed by atoms with E-state index < -0.39 is 5.82 Å². The van der Waals surface area contributed by atoms with Gasteiger partial charge >= 0.3 is 0 Å². The maximum absolute atomic E-state index is 14.2. The van der Waals surface area contributed by atoms with Crippen molar-refractivity contribution in [3.05, 3.63) is 46.6 Å². The molecule has 112 valence electrons. The highest BCUT2D eigenvalue weighted by molar-refractivity contribution is 9.10. The molecule has 0 saturated carbocycles. The first-order valence-corrected chi connectivity index (χ1v) is 8.20. The fourth-order valence-electron chi connectivity index (χ4n) is 1.94. The Bertz CT molecular complexity index is 867. The number of thioether (sulfide) groups is 1. The predicted molar refractivity (Wildman–Crippen MR) is 88.4 cm³/mol. The predicted octanol–water partition coefficient (Wildman–Crippen LogP) is 4.34. The number of aromatic nitrogens is 3. The van der Waals surface area contributed by atoms with E-state index in [2.05, 4.69) is 31.1 Å². The average Bonchev–Trinajstić information content (AvgIpc) is 2.99. The van der Waals surface area contributed by atoms with Gasteiger partial charge in [0.2, 0.25) is 0 Å². The number of benzene rings is 1. The first kappa shape index (κ1) is 15.0. The smallest absolute Gasteiger partial charge is 0.178 e. The summed E-state index contributed by atoms with van der Waals surface area (Å²) >= 11 is 4.60. The Morgan fingerprint density at radius 1 is 1.45 bits per heavy atom. The first-order valence-electron chi connectivity index (χ1n) is 6.18. The van der Waals surface area contributed by atoms with Crippen molar-refractivity contribution < 1.29 is 9.13 Å². The van der Waals surface area contributed by atoms with E-state index in [9.17, 15) is 4.39 Å². The second-order valence-electron chi connectivity index (χ2n) is 4.35. The van der Waals surface area contributed by atoms with Crippen LogP contribution in [-0.4, -0.2) is 26.5 Å². The van der Waals surface area contributed by atoms with Crippen LogP contribution in [0.25, 0.3) is 10.9 Å². The number of nitrogens with zero attached hydrogens (tertiary/aromatic N) is 2. The molecule has 2 heterocycles. The lowest BCUT2D eigenvalue weighted by Crippen LogP contribution is -2.00. The number of hydrogen-bond donors (Lipinski definition) is 2. The summed E-state index contributed by atoms with van der Waals surface area (Å²) in [6.07, 6.45) is 4.88. The summed E-state index contributed by atoms with van der Waals surface area (Å²) in [4.78, 5) is 2.95. The lowest BCUT2D eigenvalue weighted by molar-refractivity contribution is 0.437. The van der Waals surface area contributed by atoms with Crippen molar-refractivity contribution in [2.24, 2.45) is 0 Å². The van der Waals surface area contributed by atoms with Gasteiger partial charge in [0.15, 0.2) is 11.6 Å². The zero-order chi connectivity index (χ0) is 15.7. The monoisotopic (exact) mass is 380 g/mol. The maximum Gasteiger partial charge on any atom is 0.178 e. The lowest BCUT2D eigenvalue weighted by atomic mass is 10.2. The summed E-state index contributed by atoms with van der Waals surface area (Å²) in [6, 6.07) is 4.75. The molecule has 0 aliphatic rings. The zero-order valence-electron chi connectivity index (χ0n) is 11.4. The maximum atomic E-state index is 14.2. The molecule has 0 fully saturated rings. The molecule has 0 unspecified atom stereocenters. The summed E-state index contributed by atoms with van der Waals surface area (Å²) in [5.74, 6) is -0.111. The van der Waals surface area contributed by atoms with Crippen LogP contribution in [0.1, 0.15) is 5.69 Å². The molecule has 2 N–H and O–H groups in total. The Hall–Kier alpha value is -1.93. The molecule has 0 atom stereocenters. The Kier molecular flexibility index (Phi) is 4.12. The van der Waals surface area contributed by atoms with Crippen LogP contribution in [-0.2, 0) is 0 Å². The van der Waals surface area contributed by atoms with E-state index in [1.165, 1.54) is 24.0 Å². The molecule has 2 aromatic heterocycles. The van der Waals surface area contributed by atoms with Crippen LogP contribution in [0.2, 0.25) is 0 Å². The van der Waals surface area contributed by atoms with Gasteiger partial charge < -0.3 is 9.72 Å². The van der Waals surface area contributed by atoms with Gasteiger partial charge in [-0.2, -0.15) is 5.10 Å². The number of H-pyrrole nitrogens is 1. The third-order valence-corrected chi connectivity index (χ3v) is 4.39. The molecule has 0 amide bonds. The summed E-state index contributed by atoms with van der Waals surface area (Å²) in [5.41, 5.74) is 1.05. The third-order valence-electron chi connectivity index (χ3n) is 2.99. The second kappa shape index (κ2) is 6.05. The van der Waals surface area contributed by atoms with E-state index >= 15 is 0 Å². The SMILES string of the molecule is CSC(=N)c1cc(Oc2c(F)cc3[nH]ccc3c2Br)cnn1.